The Morgan fingerprint density at radius 3 is 2.51 bits per heavy atom. The van der Waals surface area contributed by atoms with Crippen LogP contribution in [-0.4, -0.2) is 54.3 Å². The van der Waals surface area contributed by atoms with E-state index in [1.807, 2.05) is 0 Å². The third kappa shape index (κ3) is 4.36. The molecule has 4 fully saturated rings. The van der Waals surface area contributed by atoms with Gasteiger partial charge in [0.2, 0.25) is 0 Å². The van der Waals surface area contributed by atoms with Crippen molar-refractivity contribution in [3.05, 3.63) is 51.9 Å². The Bertz CT molecular complexity index is 1100. The molecule has 1 aromatic heterocycles. The molecule has 2 heterocycles. The number of halogens is 1. The zero-order valence-electron chi connectivity index (χ0n) is 20.4. The van der Waals surface area contributed by atoms with Gasteiger partial charge in [0.1, 0.15) is 5.02 Å². The van der Waals surface area contributed by atoms with Gasteiger partial charge in [-0.15, -0.1) is 0 Å². The summed E-state index contributed by atoms with van der Waals surface area (Å²) < 4.78 is 13.1. The van der Waals surface area contributed by atoms with Crippen LogP contribution in [-0.2, 0) is 9.47 Å². The van der Waals surface area contributed by atoms with E-state index in [-0.39, 0.29) is 34.2 Å². The van der Waals surface area contributed by atoms with Crippen molar-refractivity contribution in [3.8, 4) is 0 Å². The summed E-state index contributed by atoms with van der Waals surface area (Å²) in [7, 11) is 1.77. The summed E-state index contributed by atoms with van der Waals surface area (Å²) in [6.07, 6.45) is 10.3. The van der Waals surface area contributed by atoms with E-state index in [2.05, 4.69) is 45.6 Å². The van der Waals surface area contributed by atoms with E-state index in [0.717, 1.165) is 45.1 Å². The summed E-state index contributed by atoms with van der Waals surface area (Å²) in [5.41, 5.74) is 1.72. The molecule has 8 heteroatoms. The van der Waals surface area contributed by atoms with Crippen molar-refractivity contribution in [2.24, 2.45) is 5.41 Å². The number of ether oxygens (including phenoxy) is 2. The molecule has 2 aromatic rings. The Labute approximate surface area is 211 Å². The van der Waals surface area contributed by atoms with Gasteiger partial charge in [-0.3, -0.25) is 4.79 Å². The van der Waals surface area contributed by atoms with Gasteiger partial charge >= 0.3 is 0 Å². The zero-order chi connectivity index (χ0) is 24.0. The lowest BCUT2D eigenvalue weighted by molar-refractivity contribution is -0.0700. The average Bonchev–Trinajstić information content (AvgIpc) is 3.83. The first-order valence-corrected chi connectivity index (χ1v) is 13.5. The van der Waals surface area contributed by atoms with E-state index in [0.29, 0.717) is 24.4 Å². The fourth-order valence-corrected chi connectivity index (χ4v) is 6.65. The van der Waals surface area contributed by atoms with Gasteiger partial charge < -0.3 is 19.7 Å². The van der Waals surface area contributed by atoms with Crippen LogP contribution in [0.2, 0.25) is 5.02 Å². The predicted octanol–water partition coefficient (Wildman–Crippen LogP) is 4.66. The van der Waals surface area contributed by atoms with Gasteiger partial charge in [0, 0.05) is 42.9 Å². The SMILES string of the molecule is CO[C@H]1CCOCC12C[C@H]2Nc1cnn(C2CCC(N(c3ccccc3)C3CC3)CC2)c(=O)c1Cl. The second kappa shape index (κ2) is 9.41. The van der Waals surface area contributed by atoms with E-state index in [1.54, 1.807) is 18.0 Å². The molecule has 1 aromatic carbocycles. The number of nitrogens with one attached hydrogen (secondary N) is 1. The lowest BCUT2D eigenvalue weighted by atomic mass is 9.89. The van der Waals surface area contributed by atoms with Crippen LogP contribution < -0.4 is 15.8 Å². The zero-order valence-corrected chi connectivity index (χ0v) is 21.1. The maximum Gasteiger partial charge on any atom is 0.287 e. The number of hydrogen-bond acceptors (Lipinski definition) is 6. The second-order valence-electron chi connectivity index (χ2n) is 10.8. The Kier molecular flexibility index (Phi) is 6.27. The molecule has 1 spiro atoms. The summed E-state index contributed by atoms with van der Waals surface area (Å²) in [6.45, 7) is 1.41. The van der Waals surface area contributed by atoms with Crippen LogP contribution in [0, 0.1) is 5.41 Å². The molecule has 1 N–H and O–H groups in total. The Balaban J connectivity index is 1.12. The van der Waals surface area contributed by atoms with Crippen molar-refractivity contribution >= 4 is 23.0 Å². The highest BCUT2D eigenvalue weighted by Gasteiger charge is 2.61. The third-order valence-corrected chi connectivity index (χ3v) is 8.98. The second-order valence-corrected chi connectivity index (χ2v) is 11.1. The quantitative estimate of drug-likeness (QED) is 0.599. The molecule has 1 saturated heterocycles. The first kappa shape index (κ1) is 23.3. The minimum Gasteiger partial charge on any atom is -0.381 e. The average molecular weight is 499 g/mol. The minimum absolute atomic E-state index is 0.0320. The summed E-state index contributed by atoms with van der Waals surface area (Å²) in [5.74, 6) is 0. The number of aromatic nitrogens is 2. The molecule has 6 rings (SSSR count). The monoisotopic (exact) mass is 498 g/mol. The van der Waals surface area contributed by atoms with Crippen LogP contribution in [0.15, 0.2) is 41.3 Å². The van der Waals surface area contributed by atoms with Crippen LogP contribution in [0.5, 0.6) is 0 Å². The maximum atomic E-state index is 13.2. The minimum atomic E-state index is -0.194. The number of anilines is 2. The van der Waals surface area contributed by atoms with Crippen molar-refractivity contribution < 1.29 is 9.47 Å². The molecule has 3 aliphatic carbocycles. The van der Waals surface area contributed by atoms with Gasteiger partial charge in [-0.2, -0.15) is 5.10 Å². The van der Waals surface area contributed by atoms with Gasteiger partial charge in [0.25, 0.3) is 5.56 Å². The Morgan fingerprint density at radius 2 is 1.83 bits per heavy atom. The molecule has 4 aliphatic rings. The molecular weight excluding hydrogens is 464 g/mol. The van der Waals surface area contributed by atoms with E-state index in [4.69, 9.17) is 21.1 Å². The number of benzene rings is 1. The molecule has 0 bridgehead atoms. The molecule has 188 valence electrons. The summed E-state index contributed by atoms with van der Waals surface area (Å²) in [4.78, 5) is 15.8. The highest BCUT2D eigenvalue weighted by Crippen LogP contribution is 2.54. The van der Waals surface area contributed by atoms with Crippen molar-refractivity contribution in [3.63, 3.8) is 0 Å². The lowest BCUT2D eigenvalue weighted by Crippen LogP contribution is -2.41. The van der Waals surface area contributed by atoms with Crippen LogP contribution >= 0.6 is 11.6 Å². The molecule has 7 nitrogen and oxygen atoms in total. The molecule has 0 amide bonds. The maximum absolute atomic E-state index is 13.2. The fourth-order valence-electron chi connectivity index (χ4n) is 6.46. The molecule has 3 atom stereocenters. The number of nitrogens with zero attached hydrogens (tertiary/aromatic N) is 3. The smallest absolute Gasteiger partial charge is 0.287 e. The first-order valence-electron chi connectivity index (χ1n) is 13.1. The molecule has 3 saturated carbocycles. The van der Waals surface area contributed by atoms with E-state index in [1.165, 1.54) is 18.5 Å². The predicted molar refractivity (Wildman–Crippen MR) is 137 cm³/mol. The number of rotatable bonds is 7. The van der Waals surface area contributed by atoms with Crippen molar-refractivity contribution in [2.45, 2.75) is 81.6 Å². The summed E-state index contributed by atoms with van der Waals surface area (Å²) >= 11 is 6.59. The van der Waals surface area contributed by atoms with E-state index < -0.39 is 0 Å². The van der Waals surface area contributed by atoms with Gasteiger partial charge in [-0.05, 0) is 63.5 Å². The highest BCUT2D eigenvalue weighted by atomic mass is 35.5. The topological polar surface area (TPSA) is 68.6 Å². The Hall–Kier alpha value is -2.09. The number of para-hydroxylation sites is 1. The van der Waals surface area contributed by atoms with Gasteiger partial charge in [-0.25, -0.2) is 4.68 Å². The van der Waals surface area contributed by atoms with Gasteiger partial charge in [-0.1, -0.05) is 29.8 Å². The molecule has 35 heavy (non-hydrogen) atoms. The van der Waals surface area contributed by atoms with Gasteiger partial charge in [0.05, 0.1) is 30.6 Å². The van der Waals surface area contributed by atoms with E-state index in [9.17, 15) is 4.79 Å². The molecule has 0 radical (unpaired) electrons. The standard InChI is InChI=1S/C27H35ClN4O3/c1-34-24-13-14-35-17-27(24)15-23(27)30-22-16-29-32(26(33)25(22)28)21-11-9-20(10-12-21)31(19-7-8-19)18-5-3-2-4-6-18/h2-6,16,19-21,23-24,30H,7-15,17H2,1H3/t20?,21?,23-,24+,27?/m1/s1. The normalized spacial score (nSPS) is 32.4. The molecule has 1 unspecified atom stereocenters. The van der Waals surface area contributed by atoms with Crippen LogP contribution in [0.1, 0.15) is 57.4 Å². The van der Waals surface area contributed by atoms with Crippen molar-refractivity contribution in [2.75, 3.05) is 30.5 Å². The van der Waals surface area contributed by atoms with Crippen molar-refractivity contribution in [1.29, 1.82) is 0 Å². The fraction of sp³-hybridized carbons (Fsp3) is 0.630. The van der Waals surface area contributed by atoms with Crippen LogP contribution in [0.3, 0.4) is 0 Å². The van der Waals surface area contributed by atoms with E-state index >= 15 is 0 Å². The number of hydrogen-bond donors (Lipinski definition) is 1. The number of methoxy groups -OCH3 is 1. The lowest BCUT2D eigenvalue weighted by Gasteiger charge is -2.39. The van der Waals surface area contributed by atoms with Crippen LogP contribution in [0.25, 0.3) is 0 Å². The van der Waals surface area contributed by atoms with Crippen molar-refractivity contribution in [1.82, 2.24) is 9.78 Å². The summed E-state index contributed by atoms with van der Waals surface area (Å²) in [5, 5.41) is 8.27. The first-order chi connectivity index (χ1) is 17.1. The Morgan fingerprint density at radius 1 is 1.11 bits per heavy atom. The largest absolute Gasteiger partial charge is 0.381 e. The third-order valence-electron chi connectivity index (χ3n) is 8.61. The molecular formula is C27H35ClN4O3. The summed E-state index contributed by atoms with van der Waals surface area (Å²) in [6, 6.07) is 12.2. The molecule has 1 aliphatic heterocycles. The van der Waals surface area contributed by atoms with Gasteiger partial charge in [0.15, 0.2) is 0 Å². The van der Waals surface area contributed by atoms with Crippen LogP contribution in [0.4, 0.5) is 11.4 Å². The highest BCUT2D eigenvalue weighted by molar-refractivity contribution is 6.32.